The molecule has 0 amide bonds. The van der Waals surface area contributed by atoms with E-state index in [1.807, 2.05) is 60.8 Å². The normalized spacial score (nSPS) is 12.4. The van der Waals surface area contributed by atoms with Gasteiger partial charge in [-0.15, -0.1) is 6.54 Å². The van der Waals surface area contributed by atoms with Gasteiger partial charge in [0.1, 0.15) is 11.2 Å². The molecule has 0 saturated carbocycles. The molecule has 5 nitrogen and oxygen atoms in total. The lowest BCUT2D eigenvalue weighted by molar-refractivity contribution is 0.668. The van der Waals surface area contributed by atoms with Gasteiger partial charge in [0, 0.05) is 27.5 Å². The van der Waals surface area contributed by atoms with Crippen LogP contribution in [0.4, 0.5) is 0 Å². The van der Waals surface area contributed by atoms with Gasteiger partial charge in [-0.25, -0.2) is 15.0 Å². The molecule has 0 spiro atoms. The third kappa shape index (κ3) is 4.28. The highest BCUT2D eigenvalue weighted by Crippen LogP contribution is 2.40. The number of furan rings is 1. The Balaban J connectivity index is 1.30. The van der Waals surface area contributed by atoms with Gasteiger partial charge in [0.05, 0.1) is 0 Å². The number of nitrogens with zero attached hydrogens (tertiary/aromatic N) is 4. The van der Waals surface area contributed by atoms with Gasteiger partial charge in [-0.1, -0.05) is 115 Å². The number of aromatic nitrogens is 3. The molecule has 6 aromatic carbocycles. The molecule has 212 valence electrons. The van der Waals surface area contributed by atoms with E-state index in [2.05, 4.69) is 84.2 Å². The monoisotopic (exact) mass is 577 g/mol. The summed E-state index contributed by atoms with van der Waals surface area (Å²) >= 11 is 0. The first-order valence-corrected chi connectivity index (χ1v) is 15.0. The Bertz CT molecular complexity index is 2430. The van der Waals surface area contributed by atoms with E-state index in [-0.39, 0.29) is 0 Å². The molecule has 0 radical (unpaired) electrons. The average molecular weight is 578 g/mol. The first kappa shape index (κ1) is 25.4. The molecule has 45 heavy (non-hydrogen) atoms. The zero-order chi connectivity index (χ0) is 29.7. The summed E-state index contributed by atoms with van der Waals surface area (Å²) in [6, 6.07) is 43.7. The summed E-state index contributed by atoms with van der Waals surface area (Å²) in [5, 5.41) is 8.73. The Morgan fingerprint density at radius 3 is 1.98 bits per heavy atom. The summed E-state index contributed by atoms with van der Waals surface area (Å²) in [7, 11) is 0. The fourth-order valence-electron chi connectivity index (χ4n) is 6.39. The Kier molecular flexibility index (Phi) is 5.81. The second kappa shape index (κ2) is 10.3. The highest BCUT2D eigenvalue weighted by atomic mass is 16.3. The van der Waals surface area contributed by atoms with Gasteiger partial charge in [-0.3, -0.25) is 0 Å². The lowest BCUT2D eigenvalue weighted by Crippen LogP contribution is -2.01. The van der Waals surface area contributed by atoms with Crippen LogP contribution in [0.2, 0.25) is 0 Å². The Labute approximate surface area is 259 Å². The Morgan fingerprint density at radius 2 is 1.18 bits per heavy atom. The number of hydrogen-bond acceptors (Lipinski definition) is 4. The largest absolute Gasteiger partial charge is 0.687 e. The van der Waals surface area contributed by atoms with Crippen LogP contribution in [-0.4, -0.2) is 15.0 Å². The third-order valence-electron chi connectivity index (χ3n) is 8.54. The molecule has 2 aromatic heterocycles. The molecular weight excluding hydrogens is 552 g/mol. The van der Waals surface area contributed by atoms with Crippen molar-refractivity contribution in [1.82, 2.24) is 15.0 Å². The average Bonchev–Trinajstić information content (AvgIpc) is 3.48. The van der Waals surface area contributed by atoms with Crippen molar-refractivity contribution in [3.63, 3.8) is 0 Å². The van der Waals surface area contributed by atoms with Crippen LogP contribution in [0.1, 0.15) is 11.1 Å². The molecule has 0 aliphatic carbocycles. The van der Waals surface area contributed by atoms with Crippen LogP contribution in [0, 0.1) is 0 Å². The van der Waals surface area contributed by atoms with E-state index < -0.39 is 0 Å². The molecule has 9 rings (SSSR count). The topological polar surface area (TPSA) is 65.9 Å². The van der Waals surface area contributed by atoms with Crippen LogP contribution in [0.25, 0.3) is 89.4 Å². The number of hydrogen-bond donors (Lipinski definition) is 0. The van der Waals surface area contributed by atoms with E-state index in [0.29, 0.717) is 24.0 Å². The Hall–Kier alpha value is -6.07. The minimum absolute atomic E-state index is 0.602. The predicted molar refractivity (Wildman–Crippen MR) is 182 cm³/mol. The van der Waals surface area contributed by atoms with Crippen LogP contribution in [0.3, 0.4) is 0 Å². The molecule has 3 heterocycles. The zero-order valence-electron chi connectivity index (χ0n) is 24.2. The van der Waals surface area contributed by atoms with E-state index in [9.17, 15) is 0 Å². The van der Waals surface area contributed by atoms with Crippen LogP contribution < -0.4 is 0 Å². The summed E-state index contributed by atoms with van der Waals surface area (Å²) in [4.78, 5) is 15.3. The summed E-state index contributed by atoms with van der Waals surface area (Å²) in [6.07, 6.45) is 3.89. The minimum Gasteiger partial charge on any atom is -0.687 e. The van der Waals surface area contributed by atoms with Crippen molar-refractivity contribution in [2.75, 3.05) is 0 Å². The molecule has 0 unspecified atom stereocenters. The Morgan fingerprint density at radius 1 is 0.511 bits per heavy atom. The molecule has 0 bridgehead atoms. The molecule has 8 aromatic rings. The molecule has 0 fully saturated rings. The highest BCUT2D eigenvalue weighted by Gasteiger charge is 2.20. The van der Waals surface area contributed by atoms with Crippen molar-refractivity contribution in [1.29, 1.82) is 0 Å². The van der Waals surface area contributed by atoms with Gasteiger partial charge < -0.3 is 9.73 Å². The van der Waals surface area contributed by atoms with Crippen molar-refractivity contribution in [3.8, 4) is 45.3 Å². The maximum Gasteiger partial charge on any atom is 0.164 e. The lowest BCUT2D eigenvalue weighted by atomic mass is 9.94. The fourth-order valence-corrected chi connectivity index (χ4v) is 6.39. The predicted octanol–water partition coefficient (Wildman–Crippen LogP) is 10.5. The lowest BCUT2D eigenvalue weighted by Gasteiger charge is -2.22. The molecule has 0 atom stereocenters. The fraction of sp³-hybridized carbons (Fsp3) is 0.0250. The molecule has 5 heteroatoms. The summed E-state index contributed by atoms with van der Waals surface area (Å²) in [5.41, 5.74) is 9.08. The summed E-state index contributed by atoms with van der Waals surface area (Å²) < 4.78 is 6.39. The maximum absolute atomic E-state index is 6.39. The van der Waals surface area contributed by atoms with Gasteiger partial charge in [-0.2, -0.15) is 6.20 Å². The molecular formula is C40H25N4O-. The van der Waals surface area contributed by atoms with Crippen molar-refractivity contribution in [2.45, 2.75) is 6.54 Å². The third-order valence-corrected chi connectivity index (χ3v) is 8.54. The van der Waals surface area contributed by atoms with E-state index in [0.717, 1.165) is 55.0 Å². The first-order chi connectivity index (χ1) is 22.3. The van der Waals surface area contributed by atoms with Crippen LogP contribution in [0.15, 0.2) is 138 Å². The number of benzene rings is 6. The van der Waals surface area contributed by atoms with Gasteiger partial charge in [-0.05, 0) is 51.7 Å². The van der Waals surface area contributed by atoms with E-state index in [1.54, 1.807) is 0 Å². The molecule has 1 aliphatic rings. The highest BCUT2D eigenvalue weighted by molar-refractivity contribution is 6.12. The smallest absolute Gasteiger partial charge is 0.164 e. The van der Waals surface area contributed by atoms with Crippen molar-refractivity contribution >= 4 is 38.8 Å². The van der Waals surface area contributed by atoms with E-state index in [1.165, 1.54) is 16.7 Å². The van der Waals surface area contributed by atoms with Gasteiger partial charge in [0.2, 0.25) is 0 Å². The second-order valence-electron chi connectivity index (χ2n) is 11.2. The second-order valence-corrected chi connectivity index (χ2v) is 11.2. The standard InChI is InChI=1S/C40H25N4O/c1-3-10-25(11-4-1)29-18-19-32(31-15-8-7-14-30(29)31)39-42-38(26-12-5-2-6-13-26)43-40(44-39)33-16-9-17-35-37(33)34-22-28-24-41-21-20-27(28)23-36(34)45-35/h1-23H,24H2/q-1. The van der Waals surface area contributed by atoms with Gasteiger partial charge in [0.15, 0.2) is 17.5 Å². The van der Waals surface area contributed by atoms with Crippen LogP contribution in [0.5, 0.6) is 0 Å². The molecule has 0 N–H and O–H groups in total. The van der Waals surface area contributed by atoms with Crippen molar-refractivity contribution < 1.29 is 4.42 Å². The van der Waals surface area contributed by atoms with Crippen LogP contribution in [-0.2, 0) is 6.54 Å². The summed E-state index contributed by atoms with van der Waals surface area (Å²) in [5.74, 6) is 1.85. The molecule has 0 saturated heterocycles. The minimum atomic E-state index is 0.602. The number of rotatable bonds is 4. The van der Waals surface area contributed by atoms with Crippen molar-refractivity contribution in [3.05, 3.63) is 150 Å². The van der Waals surface area contributed by atoms with Gasteiger partial charge >= 0.3 is 0 Å². The van der Waals surface area contributed by atoms with Crippen molar-refractivity contribution in [2.24, 2.45) is 0 Å². The SMILES string of the molecule is C1=Cc2cc3oc4cccc(-c5nc(-c6ccccc6)nc(-c6ccc(-c7ccccc7)c7ccccc67)n5)c4c3cc2C[N-]1. The van der Waals surface area contributed by atoms with Gasteiger partial charge in [0.25, 0.3) is 0 Å². The van der Waals surface area contributed by atoms with E-state index >= 15 is 0 Å². The quantitative estimate of drug-likeness (QED) is 0.209. The summed E-state index contributed by atoms with van der Waals surface area (Å²) in [6.45, 7) is 0.650. The zero-order valence-corrected chi connectivity index (χ0v) is 24.2. The molecule has 1 aliphatic heterocycles. The first-order valence-electron chi connectivity index (χ1n) is 15.0. The van der Waals surface area contributed by atoms with E-state index in [4.69, 9.17) is 19.4 Å². The number of fused-ring (bicyclic) bond motifs is 5. The maximum atomic E-state index is 6.39. The van der Waals surface area contributed by atoms with Crippen LogP contribution >= 0.6 is 0 Å².